The summed E-state index contributed by atoms with van der Waals surface area (Å²) in [6.45, 7) is 4.29. The van der Waals surface area contributed by atoms with Crippen LogP contribution in [0.4, 0.5) is 0 Å². The van der Waals surface area contributed by atoms with Crippen LogP contribution < -0.4 is 14.2 Å². The van der Waals surface area contributed by atoms with Crippen LogP contribution in [0.3, 0.4) is 0 Å². The third-order valence-electron chi connectivity index (χ3n) is 4.84. The number of ketones is 1. The first-order valence-corrected chi connectivity index (χ1v) is 10.2. The highest BCUT2D eigenvalue weighted by Gasteiger charge is 2.13. The van der Waals surface area contributed by atoms with Crippen LogP contribution in [0.15, 0.2) is 66.7 Å². The topological polar surface area (TPSA) is 61.8 Å². The lowest BCUT2D eigenvalue weighted by atomic mass is 10.0. The van der Waals surface area contributed by atoms with E-state index in [9.17, 15) is 9.59 Å². The maximum Gasteiger partial charge on any atom is 0.311 e. The van der Waals surface area contributed by atoms with Crippen LogP contribution in [0.5, 0.6) is 17.2 Å². The summed E-state index contributed by atoms with van der Waals surface area (Å²) in [5, 5.41) is 0. The van der Waals surface area contributed by atoms with Crippen molar-refractivity contribution in [3.05, 3.63) is 89.0 Å². The number of ether oxygens (including phenoxy) is 3. The second kappa shape index (κ2) is 10.4. The van der Waals surface area contributed by atoms with Gasteiger partial charge in [0.25, 0.3) is 0 Å². The predicted octanol–water partition coefficient (Wildman–Crippen LogP) is 5.17. The van der Waals surface area contributed by atoms with Crippen molar-refractivity contribution in [2.45, 2.75) is 26.7 Å². The maximum atomic E-state index is 12.6. The zero-order chi connectivity index (χ0) is 22.2. The molecular formula is C26H26O5. The van der Waals surface area contributed by atoms with Crippen LogP contribution in [-0.2, 0) is 11.2 Å². The highest BCUT2D eigenvalue weighted by atomic mass is 16.5. The summed E-state index contributed by atoms with van der Waals surface area (Å²) in [5.41, 5.74) is 2.87. The number of carbonyl (C=O) groups excluding carboxylic acids is 2. The van der Waals surface area contributed by atoms with Crippen molar-refractivity contribution in [1.82, 2.24) is 0 Å². The monoisotopic (exact) mass is 418 g/mol. The fourth-order valence-corrected chi connectivity index (χ4v) is 3.22. The van der Waals surface area contributed by atoms with E-state index in [4.69, 9.17) is 14.2 Å². The van der Waals surface area contributed by atoms with Gasteiger partial charge in [0.15, 0.2) is 17.3 Å². The first-order chi connectivity index (χ1) is 15.0. The highest BCUT2D eigenvalue weighted by molar-refractivity contribution is 6.09. The number of esters is 1. The predicted molar refractivity (Wildman–Crippen MR) is 119 cm³/mol. The van der Waals surface area contributed by atoms with Gasteiger partial charge in [0.2, 0.25) is 0 Å². The van der Waals surface area contributed by atoms with Gasteiger partial charge in [0.05, 0.1) is 13.7 Å². The first kappa shape index (κ1) is 22.1. The number of hydrogen-bond donors (Lipinski definition) is 0. The van der Waals surface area contributed by atoms with Crippen molar-refractivity contribution in [3.8, 4) is 17.2 Å². The van der Waals surface area contributed by atoms with Crippen LogP contribution in [0.2, 0.25) is 0 Å². The molecule has 3 rings (SSSR count). The van der Waals surface area contributed by atoms with Crippen molar-refractivity contribution in [3.63, 3.8) is 0 Å². The molecule has 0 heterocycles. The number of hydrogen-bond acceptors (Lipinski definition) is 5. The van der Waals surface area contributed by atoms with Crippen molar-refractivity contribution < 1.29 is 23.8 Å². The molecule has 0 atom stereocenters. The van der Waals surface area contributed by atoms with E-state index in [2.05, 4.69) is 0 Å². The molecule has 0 amide bonds. The van der Waals surface area contributed by atoms with Gasteiger partial charge in [-0.15, -0.1) is 0 Å². The molecule has 3 aromatic rings. The van der Waals surface area contributed by atoms with Crippen molar-refractivity contribution in [1.29, 1.82) is 0 Å². The van der Waals surface area contributed by atoms with Gasteiger partial charge >= 0.3 is 5.97 Å². The molecule has 0 bridgehead atoms. The van der Waals surface area contributed by atoms with E-state index in [-0.39, 0.29) is 18.2 Å². The van der Waals surface area contributed by atoms with Crippen molar-refractivity contribution >= 4 is 11.8 Å². The highest BCUT2D eigenvalue weighted by Crippen LogP contribution is 2.28. The Morgan fingerprint density at radius 2 is 1.58 bits per heavy atom. The molecule has 3 aromatic carbocycles. The number of methoxy groups -OCH3 is 1. The lowest BCUT2D eigenvalue weighted by molar-refractivity contribution is -0.134. The second-order valence-corrected chi connectivity index (χ2v) is 7.07. The molecule has 0 spiro atoms. The largest absolute Gasteiger partial charge is 0.493 e. The fraction of sp³-hybridized carbons (Fsp3) is 0.231. The molecule has 0 saturated heterocycles. The summed E-state index contributed by atoms with van der Waals surface area (Å²) in [7, 11) is 1.59. The van der Waals surface area contributed by atoms with Gasteiger partial charge in [-0.2, -0.15) is 0 Å². The Morgan fingerprint density at radius 3 is 2.26 bits per heavy atom. The van der Waals surface area contributed by atoms with Crippen LogP contribution in [-0.4, -0.2) is 25.5 Å². The second-order valence-electron chi connectivity index (χ2n) is 7.07. The lowest BCUT2D eigenvalue weighted by Crippen LogP contribution is -2.10. The van der Waals surface area contributed by atoms with E-state index in [1.54, 1.807) is 37.4 Å². The minimum Gasteiger partial charge on any atom is -0.493 e. The molecule has 31 heavy (non-hydrogen) atoms. The molecule has 5 heteroatoms. The summed E-state index contributed by atoms with van der Waals surface area (Å²) in [5.74, 6) is 1.38. The molecule has 5 nitrogen and oxygen atoms in total. The van der Waals surface area contributed by atoms with Gasteiger partial charge in [-0.1, -0.05) is 36.4 Å². The minimum absolute atomic E-state index is 0.0639. The van der Waals surface area contributed by atoms with Gasteiger partial charge in [0, 0.05) is 17.5 Å². The van der Waals surface area contributed by atoms with E-state index in [1.165, 1.54) is 0 Å². The molecule has 0 aromatic heterocycles. The third kappa shape index (κ3) is 5.72. The van der Waals surface area contributed by atoms with E-state index >= 15 is 0 Å². The summed E-state index contributed by atoms with van der Waals surface area (Å²) in [4.78, 5) is 24.9. The van der Waals surface area contributed by atoms with Gasteiger partial charge in [0.1, 0.15) is 5.75 Å². The first-order valence-electron chi connectivity index (χ1n) is 10.2. The number of aryl methyl sites for hydroxylation is 2. The van der Waals surface area contributed by atoms with E-state index in [1.807, 2.05) is 50.2 Å². The van der Waals surface area contributed by atoms with E-state index in [0.29, 0.717) is 41.4 Å². The van der Waals surface area contributed by atoms with Crippen LogP contribution in [0, 0.1) is 6.92 Å². The summed E-state index contributed by atoms with van der Waals surface area (Å²) in [6.07, 6.45) is 0.743. The zero-order valence-corrected chi connectivity index (χ0v) is 18.0. The van der Waals surface area contributed by atoms with Gasteiger partial charge in [-0.25, -0.2) is 0 Å². The van der Waals surface area contributed by atoms with Crippen LogP contribution >= 0.6 is 0 Å². The average Bonchev–Trinajstić information content (AvgIpc) is 2.80. The van der Waals surface area contributed by atoms with Crippen molar-refractivity contribution in [2.24, 2.45) is 0 Å². The van der Waals surface area contributed by atoms with Gasteiger partial charge in [-0.05, 0) is 61.7 Å². The molecule has 0 unspecified atom stereocenters. The summed E-state index contributed by atoms with van der Waals surface area (Å²) in [6, 6.07) is 19.8. The summed E-state index contributed by atoms with van der Waals surface area (Å²) >= 11 is 0. The molecule has 0 aliphatic carbocycles. The Morgan fingerprint density at radius 1 is 0.839 bits per heavy atom. The average molecular weight is 418 g/mol. The van der Waals surface area contributed by atoms with Crippen LogP contribution in [0.25, 0.3) is 0 Å². The Labute approximate surface area is 182 Å². The number of rotatable bonds is 9. The maximum absolute atomic E-state index is 12.6. The van der Waals surface area contributed by atoms with E-state index in [0.717, 1.165) is 11.1 Å². The fourth-order valence-electron chi connectivity index (χ4n) is 3.22. The molecule has 160 valence electrons. The Hall–Kier alpha value is -3.60. The SMILES string of the molecule is CCOc1ccc(CCC(=O)Oc2ccc(C(=O)c3ccccc3)cc2C)cc1OC. The molecule has 0 aliphatic rings. The Balaban J connectivity index is 1.61. The summed E-state index contributed by atoms with van der Waals surface area (Å²) < 4.78 is 16.4. The number of carbonyl (C=O) groups is 2. The number of benzene rings is 3. The quantitative estimate of drug-likeness (QED) is 0.272. The Bertz CT molecular complexity index is 1060. The zero-order valence-electron chi connectivity index (χ0n) is 18.0. The molecule has 0 aliphatic heterocycles. The molecule has 0 radical (unpaired) electrons. The Kier molecular flexibility index (Phi) is 7.44. The third-order valence-corrected chi connectivity index (χ3v) is 4.84. The van der Waals surface area contributed by atoms with E-state index < -0.39 is 0 Å². The van der Waals surface area contributed by atoms with Crippen molar-refractivity contribution in [2.75, 3.05) is 13.7 Å². The molecule has 0 saturated carbocycles. The molecule has 0 fully saturated rings. The minimum atomic E-state index is -0.335. The van der Waals surface area contributed by atoms with Crippen LogP contribution in [0.1, 0.15) is 40.4 Å². The smallest absolute Gasteiger partial charge is 0.311 e. The lowest BCUT2D eigenvalue weighted by Gasteiger charge is -2.11. The standard InChI is InChI=1S/C26H26O5/c1-4-30-23-13-10-19(17-24(23)29-3)11-15-25(27)31-22-14-12-21(16-18(22)2)26(28)20-8-6-5-7-9-20/h5-10,12-14,16-17H,4,11,15H2,1-3H3. The molecule has 0 N–H and O–H groups in total. The normalized spacial score (nSPS) is 10.4. The van der Waals surface area contributed by atoms with Gasteiger partial charge in [-0.3, -0.25) is 9.59 Å². The van der Waals surface area contributed by atoms with Gasteiger partial charge < -0.3 is 14.2 Å². The molecular weight excluding hydrogens is 392 g/mol.